The van der Waals surface area contributed by atoms with E-state index in [1.54, 1.807) is 18.1 Å². The number of aromatic nitrogens is 5. The Balaban J connectivity index is 1.73. The molecule has 3 aromatic heterocycles. The van der Waals surface area contributed by atoms with Crippen LogP contribution in [0.15, 0.2) is 70.1 Å². The summed E-state index contributed by atoms with van der Waals surface area (Å²) in [4.78, 5) is 19.1. The number of aryl methyl sites for hydroxylation is 2. The molecule has 0 aliphatic carbocycles. The molecule has 0 saturated heterocycles. The zero-order valence-electron chi connectivity index (χ0n) is 23.2. The number of furan rings is 1. The molecule has 9 heteroatoms. The van der Waals surface area contributed by atoms with Gasteiger partial charge in [0, 0.05) is 12.1 Å². The molecule has 0 amide bonds. The van der Waals surface area contributed by atoms with Crippen LogP contribution in [0.5, 0.6) is 5.75 Å². The minimum absolute atomic E-state index is 0.179. The Kier molecular flexibility index (Phi) is 7.10. The van der Waals surface area contributed by atoms with Crippen LogP contribution in [0, 0.1) is 13.8 Å². The number of rotatable bonds is 8. The van der Waals surface area contributed by atoms with Gasteiger partial charge in [0.1, 0.15) is 17.6 Å². The minimum atomic E-state index is -0.569. The molecule has 0 unspecified atom stereocenters. The summed E-state index contributed by atoms with van der Waals surface area (Å²) in [7, 11) is 1.65. The number of aromatic amines is 1. The maximum atomic E-state index is 13.8. The molecule has 202 valence electrons. The van der Waals surface area contributed by atoms with Crippen molar-refractivity contribution < 1.29 is 9.15 Å². The Morgan fingerprint density at radius 2 is 1.85 bits per heavy atom. The van der Waals surface area contributed by atoms with Crippen molar-refractivity contribution in [1.82, 2.24) is 30.1 Å². The van der Waals surface area contributed by atoms with Crippen LogP contribution in [0.25, 0.3) is 10.9 Å². The van der Waals surface area contributed by atoms with Gasteiger partial charge in [-0.05, 0) is 98.0 Å². The SMILES string of the molecule is COc1ccc(CN(Cc2ccco2)[C@H](c2cc3cc(C)cc(C)c3[nH]c2=O)c2nnnn2C(C)(C)C)cc1. The first kappa shape index (κ1) is 26.4. The minimum Gasteiger partial charge on any atom is -0.497 e. The Morgan fingerprint density at radius 1 is 1.08 bits per heavy atom. The largest absolute Gasteiger partial charge is 0.497 e. The van der Waals surface area contributed by atoms with Crippen LogP contribution >= 0.6 is 0 Å². The molecule has 0 bridgehead atoms. The molecular formula is C30H34N6O3. The molecule has 1 N–H and O–H groups in total. The van der Waals surface area contributed by atoms with Crippen LogP contribution in [-0.4, -0.2) is 37.2 Å². The smallest absolute Gasteiger partial charge is 0.253 e. The van der Waals surface area contributed by atoms with Gasteiger partial charge in [-0.1, -0.05) is 23.8 Å². The normalized spacial score (nSPS) is 12.8. The Morgan fingerprint density at radius 3 is 2.51 bits per heavy atom. The number of pyridine rings is 1. The average molecular weight is 527 g/mol. The number of hydrogen-bond acceptors (Lipinski definition) is 7. The van der Waals surface area contributed by atoms with Crippen LogP contribution in [-0.2, 0) is 18.6 Å². The summed E-state index contributed by atoms with van der Waals surface area (Å²) < 4.78 is 12.9. The molecule has 0 radical (unpaired) electrons. The van der Waals surface area contributed by atoms with E-state index in [0.717, 1.165) is 39.1 Å². The van der Waals surface area contributed by atoms with Gasteiger partial charge in [-0.25, -0.2) is 4.68 Å². The highest BCUT2D eigenvalue weighted by Crippen LogP contribution is 2.32. The van der Waals surface area contributed by atoms with Crippen molar-refractivity contribution in [3.8, 4) is 5.75 Å². The molecule has 3 heterocycles. The fourth-order valence-electron chi connectivity index (χ4n) is 5.05. The van der Waals surface area contributed by atoms with Gasteiger partial charge in [0.15, 0.2) is 5.82 Å². The molecule has 5 rings (SSSR count). The number of benzene rings is 2. The Labute approximate surface area is 227 Å². The van der Waals surface area contributed by atoms with Gasteiger partial charge in [0.05, 0.1) is 31.0 Å². The second kappa shape index (κ2) is 10.5. The van der Waals surface area contributed by atoms with Crippen molar-refractivity contribution in [3.63, 3.8) is 0 Å². The van der Waals surface area contributed by atoms with Gasteiger partial charge in [-0.3, -0.25) is 9.69 Å². The predicted octanol–water partition coefficient (Wildman–Crippen LogP) is 5.28. The quantitative estimate of drug-likeness (QED) is 0.293. The first-order chi connectivity index (χ1) is 18.6. The van der Waals surface area contributed by atoms with Crippen molar-refractivity contribution in [2.24, 2.45) is 0 Å². The van der Waals surface area contributed by atoms with E-state index in [0.29, 0.717) is 24.5 Å². The van der Waals surface area contributed by atoms with Crippen molar-refractivity contribution in [3.05, 3.63) is 105 Å². The number of nitrogens with one attached hydrogen (secondary N) is 1. The van der Waals surface area contributed by atoms with E-state index in [-0.39, 0.29) is 5.56 Å². The number of tetrazole rings is 1. The summed E-state index contributed by atoms with van der Waals surface area (Å²) in [5, 5.41) is 13.8. The summed E-state index contributed by atoms with van der Waals surface area (Å²) in [5.74, 6) is 2.13. The van der Waals surface area contributed by atoms with Crippen molar-refractivity contribution >= 4 is 10.9 Å². The van der Waals surface area contributed by atoms with Gasteiger partial charge < -0.3 is 14.1 Å². The van der Waals surface area contributed by atoms with Crippen LogP contribution in [0.4, 0.5) is 0 Å². The van der Waals surface area contributed by atoms with Crippen molar-refractivity contribution in [1.29, 1.82) is 0 Å². The van der Waals surface area contributed by atoms with Gasteiger partial charge in [-0.2, -0.15) is 0 Å². The maximum absolute atomic E-state index is 13.8. The number of methoxy groups -OCH3 is 1. The van der Waals surface area contributed by atoms with Gasteiger partial charge in [-0.15, -0.1) is 5.10 Å². The van der Waals surface area contributed by atoms with E-state index >= 15 is 0 Å². The molecule has 39 heavy (non-hydrogen) atoms. The van der Waals surface area contributed by atoms with E-state index < -0.39 is 11.6 Å². The van der Waals surface area contributed by atoms with Gasteiger partial charge in [0.2, 0.25) is 0 Å². The first-order valence-electron chi connectivity index (χ1n) is 13.0. The van der Waals surface area contributed by atoms with Gasteiger partial charge in [0.25, 0.3) is 5.56 Å². The second-order valence-corrected chi connectivity index (χ2v) is 11.0. The number of H-pyrrole nitrogens is 1. The molecule has 0 spiro atoms. The Hall–Kier alpha value is -4.24. The lowest BCUT2D eigenvalue weighted by Crippen LogP contribution is -2.37. The van der Waals surface area contributed by atoms with Crippen LogP contribution in [0.3, 0.4) is 0 Å². The third-order valence-corrected chi connectivity index (χ3v) is 6.84. The molecule has 0 aliphatic heterocycles. The summed E-state index contributed by atoms with van der Waals surface area (Å²) >= 11 is 0. The Bertz CT molecular complexity index is 1630. The molecule has 2 aromatic carbocycles. The van der Waals surface area contributed by atoms with Crippen molar-refractivity contribution in [2.75, 3.05) is 7.11 Å². The highest BCUT2D eigenvalue weighted by Gasteiger charge is 2.34. The highest BCUT2D eigenvalue weighted by atomic mass is 16.5. The van der Waals surface area contributed by atoms with E-state index in [2.05, 4.69) is 44.5 Å². The third kappa shape index (κ3) is 5.49. The number of fused-ring (bicyclic) bond motifs is 1. The highest BCUT2D eigenvalue weighted by molar-refractivity contribution is 5.83. The topological polar surface area (TPSA) is 102 Å². The van der Waals surface area contributed by atoms with E-state index in [1.165, 1.54) is 0 Å². The molecule has 9 nitrogen and oxygen atoms in total. The summed E-state index contributed by atoms with van der Waals surface area (Å²) in [6.07, 6.45) is 1.66. The maximum Gasteiger partial charge on any atom is 0.253 e. The second-order valence-electron chi connectivity index (χ2n) is 11.0. The lowest BCUT2D eigenvalue weighted by Gasteiger charge is -2.32. The number of nitrogens with zero attached hydrogens (tertiary/aromatic N) is 5. The zero-order chi connectivity index (χ0) is 27.7. The fourth-order valence-corrected chi connectivity index (χ4v) is 5.05. The predicted molar refractivity (Wildman–Crippen MR) is 150 cm³/mol. The van der Waals surface area contributed by atoms with Crippen molar-refractivity contribution in [2.45, 2.75) is 59.3 Å². The molecule has 0 saturated carbocycles. The van der Waals surface area contributed by atoms with Gasteiger partial charge >= 0.3 is 0 Å². The van der Waals surface area contributed by atoms with Crippen LogP contribution in [0.2, 0.25) is 0 Å². The zero-order valence-corrected chi connectivity index (χ0v) is 23.2. The number of hydrogen-bond donors (Lipinski definition) is 1. The van der Waals surface area contributed by atoms with Crippen LogP contribution in [0.1, 0.15) is 60.7 Å². The standard InChI is InChI=1S/C30H34N6O3/c1-19-14-20(2)26-22(15-19)16-25(29(37)31-26)27(28-32-33-34-36(28)30(3,4)5)35(18-24-8-7-13-39-24)17-21-9-11-23(38-6)12-10-21/h7-16,27H,17-18H2,1-6H3,(H,31,37)/t27-/m1/s1. The average Bonchev–Trinajstić information content (AvgIpc) is 3.58. The van der Waals surface area contributed by atoms with E-state index in [4.69, 9.17) is 9.15 Å². The third-order valence-electron chi connectivity index (χ3n) is 6.84. The summed E-state index contributed by atoms with van der Waals surface area (Å²) in [6, 6.07) is 17.3. The van der Waals surface area contributed by atoms with E-state index in [1.807, 2.05) is 70.2 Å². The molecule has 0 aliphatic rings. The molecular weight excluding hydrogens is 492 g/mol. The lowest BCUT2D eigenvalue weighted by molar-refractivity contribution is 0.171. The molecule has 0 fully saturated rings. The summed E-state index contributed by atoms with van der Waals surface area (Å²) in [5.41, 5.74) is 4.00. The first-order valence-corrected chi connectivity index (χ1v) is 13.0. The monoisotopic (exact) mass is 526 g/mol. The number of ether oxygens (including phenoxy) is 1. The fraction of sp³-hybridized carbons (Fsp3) is 0.333. The molecule has 5 aromatic rings. The van der Waals surface area contributed by atoms with Crippen LogP contribution < -0.4 is 10.3 Å². The molecule has 1 atom stereocenters. The van der Waals surface area contributed by atoms with E-state index in [9.17, 15) is 4.79 Å². The summed E-state index contributed by atoms with van der Waals surface area (Å²) in [6.45, 7) is 11.1. The lowest BCUT2D eigenvalue weighted by atomic mass is 9.99.